The summed E-state index contributed by atoms with van der Waals surface area (Å²) in [7, 11) is -3.92. The fraction of sp³-hybridized carbons (Fsp3) is 0.0870. The predicted molar refractivity (Wildman–Crippen MR) is 120 cm³/mol. The Bertz CT molecular complexity index is 1140. The molecule has 0 unspecified atom stereocenters. The Hall–Kier alpha value is -2.74. The van der Waals surface area contributed by atoms with Crippen LogP contribution in [0.1, 0.15) is 17.2 Å². The Kier molecular flexibility index (Phi) is 6.87. The molecule has 0 aliphatic heterocycles. The molecule has 0 aliphatic carbocycles. The second-order valence-electron chi connectivity index (χ2n) is 6.65. The van der Waals surface area contributed by atoms with E-state index in [9.17, 15) is 13.2 Å². The van der Waals surface area contributed by atoms with Gasteiger partial charge in [-0.25, -0.2) is 13.2 Å². The number of esters is 1. The van der Waals surface area contributed by atoms with Crippen LogP contribution in [0.3, 0.4) is 0 Å². The van der Waals surface area contributed by atoms with E-state index < -0.39 is 22.0 Å². The van der Waals surface area contributed by atoms with Crippen molar-refractivity contribution in [1.82, 2.24) is 4.72 Å². The average Bonchev–Trinajstić information content (AvgIpc) is 2.73. The van der Waals surface area contributed by atoms with Gasteiger partial charge in [0.25, 0.3) is 0 Å². The number of rotatable bonds is 7. The minimum Gasteiger partial charge on any atom is -0.423 e. The molecule has 1 N–H and O–H groups in total. The van der Waals surface area contributed by atoms with Crippen LogP contribution in [0.15, 0.2) is 100 Å². The van der Waals surface area contributed by atoms with Crippen molar-refractivity contribution in [2.24, 2.45) is 0 Å². The van der Waals surface area contributed by atoms with Gasteiger partial charge in [0.05, 0.1) is 16.5 Å². The number of carbonyl (C=O) groups excluding carboxylic acids is 1. The lowest BCUT2D eigenvalue weighted by Gasteiger charge is -2.21. The highest BCUT2D eigenvalue weighted by atomic mass is 79.9. The molecule has 7 heteroatoms. The van der Waals surface area contributed by atoms with Crippen molar-refractivity contribution in [3.63, 3.8) is 0 Å². The van der Waals surface area contributed by atoms with Gasteiger partial charge in [0.15, 0.2) is 0 Å². The normalized spacial score (nSPS) is 12.2. The number of nitrogens with one attached hydrogen (secondary N) is 1. The maximum Gasteiger partial charge on any atom is 0.340 e. The van der Waals surface area contributed by atoms with Gasteiger partial charge in [-0.15, -0.1) is 0 Å². The molecule has 0 amide bonds. The molecule has 154 valence electrons. The average molecular weight is 486 g/mol. The number of benzene rings is 3. The second-order valence-corrected chi connectivity index (χ2v) is 9.28. The van der Waals surface area contributed by atoms with Crippen LogP contribution in [0.5, 0.6) is 5.75 Å². The Morgan fingerprint density at radius 3 is 2.17 bits per heavy atom. The van der Waals surface area contributed by atoms with E-state index in [-0.39, 0.29) is 10.5 Å². The Balaban J connectivity index is 1.92. The highest BCUT2D eigenvalue weighted by Gasteiger charge is 2.28. The molecule has 5 nitrogen and oxygen atoms in total. The number of hydrogen-bond donors (Lipinski definition) is 1. The van der Waals surface area contributed by atoms with Gasteiger partial charge in [-0.2, -0.15) is 4.72 Å². The number of sulfonamides is 1. The maximum absolute atomic E-state index is 13.0. The van der Waals surface area contributed by atoms with E-state index in [1.807, 2.05) is 6.92 Å². The highest BCUT2D eigenvalue weighted by molar-refractivity contribution is 9.10. The van der Waals surface area contributed by atoms with Crippen molar-refractivity contribution in [3.8, 4) is 5.75 Å². The van der Waals surface area contributed by atoms with Gasteiger partial charge in [0, 0.05) is 4.47 Å². The smallest absolute Gasteiger partial charge is 0.340 e. The molecule has 0 saturated heterocycles. The quantitative estimate of drug-likeness (QED) is 0.292. The van der Waals surface area contributed by atoms with Crippen molar-refractivity contribution in [3.05, 3.63) is 107 Å². The SMILES string of the molecule is C=C(C(=O)Oc1ccccc1)[C@H](NS(=O)(=O)c1ccc(C)cc1)c1ccc(Br)cc1. The third-order valence-electron chi connectivity index (χ3n) is 4.37. The molecule has 30 heavy (non-hydrogen) atoms. The Morgan fingerprint density at radius 1 is 0.967 bits per heavy atom. The lowest BCUT2D eigenvalue weighted by atomic mass is 10.0. The molecule has 3 aromatic rings. The van der Waals surface area contributed by atoms with Crippen molar-refractivity contribution in [1.29, 1.82) is 0 Å². The lowest BCUT2D eigenvalue weighted by Crippen LogP contribution is -2.33. The molecule has 3 rings (SSSR count). The molecule has 0 radical (unpaired) electrons. The summed E-state index contributed by atoms with van der Waals surface area (Å²) >= 11 is 3.36. The van der Waals surface area contributed by atoms with Crippen LogP contribution in [0.25, 0.3) is 0 Å². The van der Waals surface area contributed by atoms with Gasteiger partial charge in [0.1, 0.15) is 5.75 Å². The Morgan fingerprint density at radius 2 is 1.57 bits per heavy atom. The first-order chi connectivity index (χ1) is 14.3. The lowest BCUT2D eigenvalue weighted by molar-refractivity contribution is -0.130. The van der Waals surface area contributed by atoms with Crippen molar-refractivity contribution in [2.45, 2.75) is 17.9 Å². The summed E-state index contributed by atoms with van der Waals surface area (Å²) in [6.07, 6.45) is 0. The summed E-state index contributed by atoms with van der Waals surface area (Å²) in [6.45, 7) is 5.70. The number of carbonyl (C=O) groups is 1. The van der Waals surface area contributed by atoms with E-state index in [0.29, 0.717) is 11.3 Å². The van der Waals surface area contributed by atoms with Crippen molar-refractivity contribution in [2.75, 3.05) is 0 Å². The summed E-state index contributed by atoms with van der Waals surface area (Å²) in [6, 6.07) is 20.9. The molecule has 0 fully saturated rings. The molecular formula is C23H20BrNO4S. The zero-order chi connectivity index (χ0) is 21.7. The van der Waals surface area contributed by atoms with E-state index in [2.05, 4.69) is 27.2 Å². The van der Waals surface area contributed by atoms with Crippen molar-refractivity contribution < 1.29 is 17.9 Å². The summed E-state index contributed by atoms with van der Waals surface area (Å²) < 4.78 is 34.7. The molecule has 0 spiro atoms. The standard InChI is InChI=1S/C23H20BrNO4S/c1-16-8-14-21(15-9-16)30(27,28)25-22(18-10-12-19(24)13-11-18)17(2)23(26)29-20-6-4-3-5-7-20/h3-15,22,25H,2H2,1H3/t22-/m0/s1. The molecule has 0 heterocycles. The van der Waals surface area contributed by atoms with Crippen LogP contribution in [-0.2, 0) is 14.8 Å². The number of hydrogen-bond acceptors (Lipinski definition) is 4. The van der Waals surface area contributed by atoms with Gasteiger partial charge >= 0.3 is 5.97 Å². The van der Waals surface area contributed by atoms with Crippen molar-refractivity contribution >= 4 is 31.9 Å². The van der Waals surface area contributed by atoms with E-state index in [0.717, 1.165) is 10.0 Å². The van der Waals surface area contributed by atoms with E-state index in [4.69, 9.17) is 4.74 Å². The van der Waals surface area contributed by atoms with E-state index >= 15 is 0 Å². The zero-order valence-corrected chi connectivity index (χ0v) is 18.6. The number of ether oxygens (including phenoxy) is 1. The molecule has 0 aliphatic rings. The zero-order valence-electron chi connectivity index (χ0n) is 16.2. The van der Waals surface area contributed by atoms with Crippen LogP contribution in [-0.4, -0.2) is 14.4 Å². The Labute approximate surface area is 184 Å². The number of aryl methyl sites for hydroxylation is 1. The fourth-order valence-corrected chi connectivity index (χ4v) is 4.20. The van der Waals surface area contributed by atoms with Gasteiger partial charge in [-0.1, -0.05) is 70.5 Å². The minimum atomic E-state index is -3.92. The first-order valence-electron chi connectivity index (χ1n) is 9.07. The monoisotopic (exact) mass is 485 g/mol. The van der Waals surface area contributed by atoms with Gasteiger partial charge in [0.2, 0.25) is 10.0 Å². The van der Waals surface area contributed by atoms with Gasteiger partial charge in [-0.3, -0.25) is 0 Å². The van der Waals surface area contributed by atoms with Gasteiger partial charge in [-0.05, 0) is 48.9 Å². The highest BCUT2D eigenvalue weighted by Crippen LogP contribution is 2.26. The predicted octanol–water partition coefficient (Wildman–Crippen LogP) is 4.94. The third-order valence-corrected chi connectivity index (χ3v) is 6.34. The second kappa shape index (κ2) is 9.38. The molecule has 1 atom stereocenters. The summed E-state index contributed by atoms with van der Waals surface area (Å²) in [5.41, 5.74) is 1.47. The van der Waals surface area contributed by atoms with Crippen LogP contribution in [0.4, 0.5) is 0 Å². The molecule has 0 bridgehead atoms. The van der Waals surface area contributed by atoms with Crippen LogP contribution in [0, 0.1) is 6.92 Å². The number of para-hydroxylation sites is 1. The van der Waals surface area contributed by atoms with Gasteiger partial charge < -0.3 is 4.74 Å². The fourth-order valence-electron chi connectivity index (χ4n) is 2.72. The van der Waals surface area contributed by atoms with Crippen LogP contribution >= 0.6 is 15.9 Å². The van der Waals surface area contributed by atoms with Crippen LogP contribution < -0.4 is 9.46 Å². The molecular weight excluding hydrogens is 466 g/mol. The summed E-state index contributed by atoms with van der Waals surface area (Å²) in [4.78, 5) is 12.8. The molecule has 0 aromatic heterocycles. The van der Waals surface area contributed by atoms with Crippen LogP contribution in [0.2, 0.25) is 0 Å². The van der Waals surface area contributed by atoms with E-state index in [1.54, 1.807) is 66.7 Å². The topological polar surface area (TPSA) is 72.5 Å². The third kappa shape index (κ3) is 5.44. The summed E-state index contributed by atoms with van der Waals surface area (Å²) in [5.74, 6) is -0.375. The number of halogens is 1. The molecule has 3 aromatic carbocycles. The molecule has 0 saturated carbocycles. The minimum absolute atomic E-state index is 0.0307. The summed E-state index contributed by atoms with van der Waals surface area (Å²) in [5, 5.41) is 0. The first kappa shape index (κ1) is 22.0. The van der Waals surface area contributed by atoms with E-state index in [1.165, 1.54) is 12.1 Å². The maximum atomic E-state index is 13.0. The first-order valence-corrected chi connectivity index (χ1v) is 11.3. The largest absolute Gasteiger partial charge is 0.423 e.